The first-order chi connectivity index (χ1) is 13.6. The summed E-state index contributed by atoms with van der Waals surface area (Å²) in [6, 6.07) is 9.07. The molecule has 0 saturated heterocycles. The first-order valence-corrected chi connectivity index (χ1v) is 11.1. The smallest absolute Gasteiger partial charge is 0.257 e. The molecule has 28 heavy (non-hydrogen) atoms. The zero-order valence-electron chi connectivity index (χ0n) is 15.8. The number of nitrogens with zero attached hydrogens (tertiary/aromatic N) is 1. The molecule has 5 nitrogen and oxygen atoms in total. The average Bonchev–Trinajstić information content (AvgIpc) is 3.07. The Kier molecular flexibility index (Phi) is 4.46. The number of hydrogen-bond donors (Lipinski definition) is 2. The highest BCUT2D eigenvalue weighted by atomic mass is 32.1. The van der Waals surface area contributed by atoms with E-state index in [1.807, 2.05) is 23.6 Å². The highest BCUT2D eigenvalue weighted by Gasteiger charge is 2.51. The van der Waals surface area contributed by atoms with E-state index >= 15 is 0 Å². The lowest BCUT2D eigenvalue weighted by Crippen LogP contribution is -2.60. The Balaban J connectivity index is 1.19. The molecule has 4 bridgehead atoms. The van der Waals surface area contributed by atoms with Crippen LogP contribution in [0.1, 0.15) is 54.6 Å². The summed E-state index contributed by atoms with van der Waals surface area (Å²) in [6.45, 7) is 0. The van der Waals surface area contributed by atoms with Gasteiger partial charge in [0.2, 0.25) is 5.91 Å². The third-order valence-electron chi connectivity index (χ3n) is 6.59. The van der Waals surface area contributed by atoms with E-state index in [0.717, 1.165) is 42.7 Å². The topological polar surface area (TPSA) is 71.1 Å². The molecular formula is C22H25N3O2S. The second kappa shape index (κ2) is 6.99. The predicted molar refractivity (Wildman–Crippen MR) is 109 cm³/mol. The van der Waals surface area contributed by atoms with Crippen LogP contribution in [-0.4, -0.2) is 22.3 Å². The standard InChI is InChI=1S/C22H25N3O2S/c26-19(25-22-10-14-6-15(11-22)8-16(7-14)12-22)9-18-13-28-21(23-18)24-20(27)17-4-2-1-3-5-17/h1-5,13-16H,6-12H2,(H,25,26)(H,23,24,27). The molecule has 4 fully saturated rings. The van der Waals surface area contributed by atoms with Crippen LogP contribution in [0.4, 0.5) is 5.13 Å². The maximum absolute atomic E-state index is 12.7. The molecule has 2 aromatic rings. The molecule has 2 N–H and O–H groups in total. The van der Waals surface area contributed by atoms with E-state index in [4.69, 9.17) is 0 Å². The van der Waals surface area contributed by atoms with E-state index in [1.165, 1.54) is 30.6 Å². The SMILES string of the molecule is O=C(Cc1csc(NC(=O)c2ccccc2)n1)NC12CC3CC(CC(C3)C1)C2. The number of aromatic nitrogens is 1. The minimum Gasteiger partial charge on any atom is -0.350 e. The predicted octanol–water partition coefficient (Wildman–Crippen LogP) is 4.02. The van der Waals surface area contributed by atoms with Crippen LogP contribution >= 0.6 is 11.3 Å². The fraction of sp³-hybridized carbons (Fsp3) is 0.500. The Morgan fingerprint density at radius 3 is 2.32 bits per heavy atom. The van der Waals surface area contributed by atoms with E-state index in [-0.39, 0.29) is 23.8 Å². The minimum atomic E-state index is -0.181. The second-order valence-corrected chi connectivity index (χ2v) is 9.75. The van der Waals surface area contributed by atoms with Crippen molar-refractivity contribution >= 4 is 28.3 Å². The quantitative estimate of drug-likeness (QED) is 0.803. The zero-order chi connectivity index (χ0) is 19.1. The van der Waals surface area contributed by atoms with Crippen molar-refractivity contribution in [2.45, 2.75) is 50.5 Å². The number of amides is 2. The van der Waals surface area contributed by atoms with Crippen LogP contribution in [0.25, 0.3) is 0 Å². The number of nitrogens with one attached hydrogen (secondary N) is 2. The molecular weight excluding hydrogens is 370 g/mol. The number of rotatable bonds is 5. The number of anilines is 1. The van der Waals surface area contributed by atoms with E-state index in [0.29, 0.717) is 10.7 Å². The average molecular weight is 396 g/mol. The van der Waals surface area contributed by atoms with Gasteiger partial charge in [-0.1, -0.05) is 18.2 Å². The van der Waals surface area contributed by atoms with Gasteiger partial charge in [-0.15, -0.1) is 11.3 Å². The Morgan fingerprint density at radius 1 is 1.04 bits per heavy atom. The van der Waals surface area contributed by atoms with Gasteiger partial charge in [-0.25, -0.2) is 4.98 Å². The van der Waals surface area contributed by atoms with Crippen LogP contribution in [0.15, 0.2) is 35.7 Å². The van der Waals surface area contributed by atoms with Gasteiger partial charge in [0.05, 0.1) is 12.1 Å². The van der Waals surface area contributed by atoms with Crippen molar-refractivity contribution < 1.29 is 9.59 Å². The van der Waals surface area contributed by atoms with Crippen molar-refractivity contribution in [1.29, 1.82) is 0 Å². The maximum Gasteiger partial charge on any atom is 0.257 e. The van der Waals surface area contributed by atoms with Gasteiger partial charge in [0.25, 0.3) is 5.91 Å². The lowest BCUT2D eigenvalue weighted by atomic mass is 9.53. The fourth-order valence-electron chi connectivity index (χ4n) is 5.97. The molecule has 2 amide bonds. The van der Waals surface area contributed by atoms with Crippen LogP contribution in [0.3, 0.4) is 0 Å². The summed E-state index contributed by atoms with van der Waals surface area (Å²) in [5, 5.41) is 8.60. The molecule has 0 atom stereocenters. The van der Waals surface area contributed by atoms with Gasteiger partial charge in [-0.05, 0) is 68.4 Å². The van der Waals surface area contributed by atoms with Crippen LogP contribution in [0.5, 0.6) is 0 Å². The fourth-order valence-corrected chi connectivity index (χ4v) is 6.68. The maximum atomic E-state index is 12.7. The molecule has 4 saturated carbocycles. The third-order valence-corrected chi connectivity index (χ3v) is 7.40. The summed E-state index contributed by atoms with van der Waals surface area (Å²) >= 11 is 1.36. The molecule has 0 spiro atoms. The van der Waals surface area contributed by atoms with Crippen molar-refractivity contribution in [3.05, 3.63) is 47.0 Å². The van der Waals surface area contributed by atoms with Gasteiger partial charge >= 0.3 is 0 Å². The van der Waals surface area contributed by atoms with Crippen molar-refractivity contribution in [1.82, 2.24) is 10.3 Å². The lowest BCUT2D eigenvalue weighted by Gasteiger charge is -2.56. The Morgan fingerprint density at radius 2 is 1.68 bits per heavy atom. The molecule has 146 valence electrons. The molecule has 1 heterocycles. The monoisotopic (exact) mass is 395 g/mol. The van der Waals surface area contributed by atoms with Gasteiger partial charge in [0.15, 0.2) is 5.13 Å². The Bertz CT molecular complexity index is 857. The molecule has 4 aliphatic rings. The van der Waals surface area contributed by atoms with E-state index in [2.05, 4.69) is 15.6 Å². The highest BCUT2D eigenvalue weighted by Crippen LogP contribution is 2.55. The number of thiazole rings is 1. The molecule has 0 unspecified atom stereocenters. The number of hydrogen-bond acceptors (Lipinski definition) is 4. The molecule has 6 heteroatoms. The first kappa shape index (κ1) is 17.9. The molecule has 1 aromatic heterocycles. The van der Waals surface area contributed by atoms with Crippen molar-refractivity contribution in [3.63, 3.8) is 0 Å². The lowest BCUT2D eigenvalue weighted by molar-refractivity contribution is -0.126. The van der Waals surface area contributed by atoms with Gasteiger partial charge < -0.3 is 5.32 Å². The number of benzene rings is 1. The van der Waals surface area contributed by atoms with Gasteiger partial charge in [-0.2, -0.15) is 0 Å². The third kappa shape index (κ3) is 3.58. The summed E-state index contributed by atoms with van der Waals surface area (Å²) in [5.41, 5.74) is 1.35. The summed E-state index contributed by atoms with van der Waals surface area (Å²) < 4.78 is 0. The second-order valence-electron chi connectivity index (χ2n) is 8.89. The van der Waals surface area contributed by atoms with E-state index < -0.39 is 0 Å². The van der Waals surface area contributed by atoms with Gasteiger partial charge in [0, 0.05) is 16.5 Å². The van der Waals surface area contributed by atoms with Crippen molar-refractivity contribution in [2.24, 2.45) is 17.8 Å². The van der Waals surface area contributed by atoms with Crippen molar-refractivity contribution in [3.8, 4) is 0 Å². The van der Waals surface area contributed by atoms with Gasteiger partial charge in [-0.3, -0.25) is 14.9 Å². The van der Waals surface area contributed by atoms with Crippen LogP contribution in [-0.2, 0) is 11.2 Å². The Hall–Kier alpha value is -2.21. The van der Waals surface area contributed by atoms with Crippen LogP contribution in [0.2, 0.25) is 0 Å². The Labute approximate surface area is 168 Å². The summed E-state index contributed by atoms with van der Waals surface area (Å²) in [6.07, 6.45) is 7.84. The number of carbonyl (C=O) groups is 2. The molecule has 1 aromatic carbocycles. The van der Waals surface area contributed by atoms with Crippen LogP contribution < -0.4 is 10.6 Å². The van der Waals surface area contributed by atoms with Gasteiger partial charge in [0.1, 0.15) is 0 Å². The largest absolute Gasteiger partial charge is 0.350 e. The van der Waals surface area contributed by atoms with E-state index in [9.17, 15) is 9.59 Å². The minimum absolute atomic E-state index is 0.0339. The van der Waals surface area contributed by atoms with E-state index in [1.54, 1.807) is 12.1 Å². The highest BCUT2D eigenvalue weighted by molar-refractivity contribution is 7.14. The summed E-state index contributed by atoms with van der Waals surface area (Å²) in [5.74, 6) is 2.31. The zero-order valence-corrected chi connectivity index (χ0v) is 16.6. The first-order valence-electron chi connectivity index (χ1n) is 10.2. The number of carbonyl (C=O) groups excluding carboxylic acids is 2. The normalized spacial score (nSPS) is 30.2. The summed E-state index contributed by atoms with van der Waals surface area (Å²) in [4.78, 5) is 29.4. The van der Waals surface area contributed by atoms with Crippen LogP contribution in [0, 0.1) is 17.8 Å². The van der Waals surface area contributed by atoms with Crippen molar-refractivity contribution in [2.75, 3.05) is 5.32 Å². The summed E-state index contributed by atoms with van der Waals surface area (Å²) in [7, 11) is 0. The molecule has 0 aliphatic heterocycles. The molecule has 6 rings (SSSR count). The molecule has 4 aliphatic carbocycles. The molecule has 0 radical (unpaired) electrons.